The summed E-state index contributed by atoms with van der Waals surface area (Å²) in [4.78, 5) is 74.8. The van der Waals surface area contributed by atoms with Gasteiger partial charge in [0.05, 0.1) is 11.3 Å². The van der Waals surface area contributed by atoms with E-state index in [4.69, 9.17) is 5.11 Å². The van der Waals surface area contributed by atoms with E-state index in [-0.39, 0.29) is 37.3 Å². The number of rotatable bonds is 17. The molecule has 0 fully saturated rings. The fourth-order valence-electron chi connectivity index (χ4n) is 4.75. The first-order valence-electron chi connectivity index (χ1n) is 15.2. The number of benzene rings is 3. The molecule has 0 heterocycles. The molecule has 0 aliphatic rings. The van der Waals surface area contributed by atoms with E-state index in [1.165, 1.54) is 24.3 Å². The van der Waals surface area contributed by atoms with Crippen molar-refractivity contribution in [1.82, 2.24) is 16.0 Å². The fourth-order valence-corrected chi connectivity index (χ4v) is 4.75. The van der Waals surface area contributed by atoms with Crippen LogP contribution < -0.4 is 21.3 Å². The van der Waals surface area contributed by atoms with Crippen molar-refractivity contribution in [3.63, 3.8) is 0 Å². The van der Waals surface area contributed by atoms with Crippen molar-refractivity contribution < 1.29 is 34.0 Å². The highest BCUT2D eigenvalue weighted by Crippen LogP contribution is 2.17. The highest BCUT2D eigenvalue weighted by Gasteiger charge is 2.30. The Labute approximate surface area is 272 Å². The normalized spacial score (nSPS) is 12.7. The van der Waals surface area contributed by atoms with Crippen molar-refractivity contribution in [3.05, 3.63) is 106 Å². The average Bonchev–Trinajstić information content (AvgIpc) is 3.03. The van der Waals surface area contributed by atoms with Gasteiger partial charge in [-0.15, -0.1) is 0 Å². The van der Waals surface area contributed by atoms with Crippen LogP contribution in [-0.2, 0) is 36.8 Å². The molecule has 248 valence electrons. The van der Waals surface area contributed by atoms with E-state index in [2.05, 4.69) is 21.3 Å². The van der Waals surface area contributed by atoms with Gasteiger partial charge in [-0.3, -0.25) is 34.1 Å². The van der Waals surface area contributed by atoms with Crippen LogP contribution in [0.2, 0.25) is 0 Å². The lowest BCUT2D eigenvalue weighted by Crippen LogP contribution is -2.57. The van der Waals surface area contributed by atoms with Crippen LogP contribution in [0.1, 0.15) is 44.2 Å². The average molecular weight is 646 g/mol. The maximum absolute atomic E-state index is 13.7. The molecule has 3 atom stereocenters. The predicted octanol–water partition coefficient (Wildman–Crippen LogP) is 3.38. The van der Waals surface area contributed by atoms with Crippen LogP contribution in [0.25, 0.3) is 0 Å². The van der Waals surface area contributed by atoms with Crippen molar-refractivity contribution in [2.45, 2.75) is 64.1 Å². The monoisotopic (exact) mass is 645 g/mol. The molecular formula is C34H39N5O8. The minimum atomic E-state index is -1.15. The van der Waals surface area contributed by atoms with Gasteiger partial charge in [-0.2, -0.15) is 0 Å². The Morgan fingerprint density at radius 3 is 1.66 bits per heavy atom. The molecule has 0 aliphatic carbocycles. The van der Waals surface area contributed by atoms with Crippen LogP contribution in [0, 0.1) is 16.0 Å². The van der Waals surface area contributed by atoms with Crippen LogP contribution in [0.15, 0.2) is 84.9 Å². The van der Waals surface area contributed by atoms with Gasteiger partial charge in [0.1, 0.15) is 18.1 Å². The largest absolute Gasteiger partial charge is 0.481 e. The smallest absolute Gasteiger partial charge is 0.303 e. The molecule has 0 aliphatic heterocycles. The molecule has 3 rings (SSSR count). The molecule has 0 bridgehead atoms. The Kier molecular flexibility index (Phi) is 13.6. The number of carbonyl (C=O) groups excluding carboxylic acids is 4. The van der Waals surface area contributed by atoms with Gasteiger partial charge < -0.3 is 26.4 Å². The van der Waals surface area contributed by atoms with Crippen LogP contribution in [0.4, 0.5) is 11.4 Å². The molecule has 4 amide bonds. The van der Waals surface area contributed by atoms with Crippen LogP contribution in [0.5, 0.6) is 0 Å². The first-order chi connectivity index (χ1) is 22.4. The minimum Gasteiger partial charge on any atom is -0.481 e. The lowest BCUT2D eigenvalue weighted by atomic mass is 9.99. The Morgan fingerprint density at radius 1 is 0.681 bits per heavy atom. The standard InChI is InChI=1S/C34H39N5O8/c1-22(2)19-27(37-34(45)28(20-23-9-5-3-6-10-23)36-30(40)17-18-31(41)42)33(44)38-29(21-24-11-7-4-8-12-24)32(43)35-25-13-15-26(16-14-25)39(46)47/h3-16,22,27-29H,17-21H2,1-2H3,(H,35,43)(H,36,40)(H,37,45)(H,38,44)(H,41,42)/t27-,28-,29-/m0/s1. The lowest BCUT2D eigenvalue weighted by molar-refractivity contribution is -0.384. The van der Waals surface area contributed by atoms with Crippen LogP contribution >= 0.6 is 0 Å². The third-order valence-electron chi connectivity index (χ3n) is 7.10. The summed E-state index contributed by atoms with van der Waals surface area (Å²) in [5.74, 6) is -3.67. The highest BCUT2D eigenvalue weighted by molar-refractivity contribution is 5.99. The van der Waals surface area contributed by atoms with Gasteiger partial charge in [0.15, 0.2) is 0 Å². The van der Waals surface area contributed by atoms with Gasteiger partial charge in [0.25, 0.3) is 5.69 Å². The first kappa shape index (κ1) is 35.9. The Hall–Kier alpha value is -5.59. The second-order valence-electron chi connectivity index (χ2n) is 11.4. The van der Waals surface area contributed by atoms with Crippen LogP contribution in [0.3, 0.4) is 0 Å². The minimum absolute atomic E-state index is 0.0507. The van der Waals surface area contributed by atoms with E-state index < -0.39 is 59.1 Å². The number of hydrogen-bond acceptors (Lipinski definition) is 7. The summed E-state index contributed by atoms with van der Waals surface area (Å²) in [5, 5.41) is 30.8. The van der Waals surface area contributed by atoms with Gasteiger partial charge >= 0.3 is 5.97 Å². The molecule has 0 unspecified atom stereocenters. The number of nitrogens with one attached hydrogen (secondary N) is 4. The van der Waals surface area contributed by atoms with E-state index in [0.29, 0.717) is 5.69 Å². The Bertz CT molecular complexity index is 1530. The number of carbonyl (C=O) groups is 5. The summed E-state index contributed by atoms with van der Waals surface area (Å²) < 4.78 is 0. The van der Waals surface area contributed by atoms with Gasteiger partial charge in [-0.25, -0.2) is 0 Å². The predicted molar refractivity (Wildman–Crippen MR) is 174 cm³/mol. The number of nitro benzene ring substituents is 1. The van der Waals surface area contributed by atoms with Gasteiger partial charge in [-0.05, 0) is 35.6 Å². The topological polar surface area (TPSA) is 197 Å². The molecule has 13 heteroatoms. The molecule has 0 spiro atoms. The number of nitro groups is 1. The molecule has 0 saturated heterocycles. The van der Waals surface area contributed by atoms with Gasteiger partial charge in [0.2, 0.25) is 23.6 Å². The summed E-state index contributed by atoms with van der Waals surface area (Å²) in [7, 11) is 0. The summed E-state index contributed by atoms with van der Waals surface area (Å²) >= 11 is 0. The molecule has 13 nitrogen and oxygen atoms in total. The number of nitrogens with zero attached hydrogens (tertiary/aromatic N) is 1. The number of carboxylic acids is 1. The third-order valence-corrected chi connectivity index (χ3v) is 7.10. The number of non-ortho nitro benzene ring substituents is 1. The molecule has 0 aromatic heterocycles. The summed E-state index contributed by atoms with van der Waals surface area (Å²) in [5.41, 5.74) is 1.64. The van der Waals surface area contributed by atoms with Crippen molar-refractivity contribution in [2.75, 3.05) is 5.32 Å². The summed E-state index contributed by atoms with van der Waals surface area (Å²) in [6.07, 6.45) is -0.312. The zero-order valence-electron chi connectivity index (χ0n) is 26.2. The number of anilines is 1. The lowest BCUT2D eigenvalue weighted by Gasteiger charge is -2.26. The molecule has 3 aromatic carbocycles. The van der Waals surface area contributed by atoms with Crippen LogP contribution in [-0.4, -0.2) is 57.8 Å². The van der Waals surface area contributed by atoms with E-state index in [1.807, 2.05) is 19.9 Å². The van der Waals surface area contributed by atoms with E-state index >= 15 is 0 Å². The number of aliphatic carboxylic acids is 1. The van der Waals surface area contributed by atoms with E-state index in [0.717, 1.165) is 11.1 Å². The molecule has 0 radical (unpaired) electrons. The Balaban J connectivity index is 1.81. The van der Waals surface area contributed by atoms with Crippen molar-refractivity contribution in [3.8, 4) is 0 Å². The maximum Gasteiger partial charge on any atom is 0.303 e. The number of amides is 4. The molecule has 3 aromatic rings. The quantitative estimate of drug-likeness (QED) is 0.109. The van der Waals surface area contributed by atoms with E-state index in [1.54, 1.807) is 54.6 Å². The first-order valence-corrected chi connectivity index (χ1v) is 15.2. The fraction of sp³-hybridized carbons (Fsp3) is 0.324. The SMILES string of the molecule is CC(C)C[C@H](NC(=O)[C@H](Cc1ccccc1)NC(=O)CCC(=O)O)C(=O)N[C@@H](Cc1ccccc1)C(=O)Nc1ccc([N+](=O)[O-])cc1. The second kappa shape index (κ2) is 17.8. The van der Waals surface area contributed by atoms with E-state index in [9.17, 15) is 34.1 Å². The number of hydrogen-bond donors (Lipinski definition) is 5. The second-order valence-corrected chi connectivity index (χ2v) is 11.4. The summed E-state index contributed by atoms with van der Waals surface area (Å²) in [6.45, 7) is 3.73. The van der Waals surface area contributed by atoms with Gasteiger partial charge in [0, 0.05) is 37.1 Å². The molecular weight excluding hydrogens is 606 g/mol. The molecule has 47 heavy (non-hydrogen) atoms. The third kappa shape index (κ3) is 12.4. The van der Waals surface area contributed by atoms with Crippen molar-refractivity contribution >= 4 is 41.0 Å². The zero-order chi connectivity index (χ0) is 34.3. The number of carboxylic acid groups (broad SMARTS) is 1. The maximum atomic E-state index is 13.7. The Morgan fingerprint density at radius 2 is 1.17 bits per heavy atom. The van der Waals surface area contributed by atoms with Crippen molar-refractivity contribution in [1.29, 1.82) is 0 Å². The van der Waals surface area contributed by atoms with Gasteiger partial charge in [-0.1, -0.05) is 74.5 Å². The highest BCUT2D eigenvalue weighted by atomic mass is 16.6. The molecule has 0 saturated carbocycles. The zero-order valence-corrected chi connectivity index (χ0v) is 26.2. The van der Waals surface area contributed by atoms with Crippen molar-refractivity contribution in [2.24, 2.45) is 5.92 Å². The molecule has 5 N–H and O–H groups in total. The summed E-state index contributed by atoms with van der Waals surface area (Å²) in [6, 6.07) is 19.9.